The minimum Gasteiger partial charge on any atom is -0.467 e. The van der Waals surface area contributed by atoms with Gasteiger partial charge in [0, 0.05) is 24.8 Å². The zero-order valence-electron chi connectivity index (χ0n) is 14.2. The summed E-state index contributed by atoms with van der Waals surface area (Å²) in [4.78, 5) is 25.9. The van der Waals surface area contributed by atoms with Crippen LogP contribution in [0, 0.1) is 5.82 Å². The number of furan rings is 1. The summed E-state index contributed by atoms with van der Waals surface area (Å²) in [7, 11) is 0. The van der Waals surface area contributed by atoms with Crippen LogP contribution in [-0.4, -0.2) is 36.1 Å². The molecule has 3 rings (SSSR count). The number of amides is 4. The number of anilines is 1. The minimum absolute atomic E-state index is 0.00966. The average Bonchev–Trinajstić information content (AvgIpc) is 3.16. The van der Waals surface area contributed by atoms with Crippen LogP contribution in [0.15, 0.2) is 47.1 Å². The second-order valence-corrected chi connectivity index (χ2v) is 6.10. The van der Waals surface area contributed by atoms with Gasteiger partial charge in [-0.3, -0.25) is 0 Å². The molecule has 2 aromatic rings. The first-order valence-corrected chi connectivity index (χ1v) is 8.48. The van der Waals surface area contributed by atoms with Gasteiger partial charge in [0.05, 0.1) is 12.8 Å². The molecule has 3 N–H and O–H groups in total. The lowest BCUT2D eigenvalue weighted by Crippen LogP contribution is -2.50. The second kappa shape index (κ2) is 8.37. The molecule has 1 aromatic carbocycles. The molecule has 2 heterocycles. The number of likely N-dealkylation sites (tertiary alicyclic amines) is 1. The van der Waals surface area contributed by atoms with Crippen molar-refractivity contribution in [3.63, 3.8) is 0 Å². The lowest BCUT2D eigenvalue weighted by Gasteiger charge is -2.32. The maximum absolute atomic E-state index is 12.9. The second-order valence-electron chi connectivity index (χ2n) is 6.10. The number of carbonyl (C=O) groups is 2. The Kier molecular flexibility index (Phi) is 5.73. The first kappa shape index (κ1) is 17.8. The summed E-state index contributed by atoms with van der Waals surface area (Å²) >= 11 is 0. The summed E-state index contributed by atoms with van der Waals surface area (Å²) in [5.74, 6) is 0.348. The molecular weight excluding hydrogens is 339 g/mol. The van der Waals surface area contributed by atoms with Crippen molar-refractivity contribution in [1.29, 1.82) is 0 Å². The lowest BCUT2D eigenvalue weighted by atomic mass is 10.1. The van der Waals surface area contributed by atoms with Gasteiger partial charge in [0.2, 0.25) is 0 Å². The van der Waals surface area contributed by atoms with Crippen molar-refractivity contribution in [1.82, 2.24) is 15.5 Å². The van der Waals surface area contributed by atoms with Crippen molar-refractivity contribution in [3.05, 3.63) is 54.2 Å². The summed E-state index contributed by atoms with van der Waals surface area (Å²) in [6, 6.07) is 8.66. The maximum Gasteiger partial charge on any atom is 0.319 e. The average molecular weight is 360 g/mol. The highest BCUT2D eigenvalue weighted by molar-refractivity contribution is 5.89. The van der Waals surface area contributed by atoms with Crippen molar-refractivity contribution in [2.24, 2.45) is 0 Å². The Balaban J connectivity index is 1.38. The molecule has 0 atom stereocenters. The fourth-order valence-corrected chi connectivity index (χ4v) is 2.80. The quantitative estimate of drug-likeness (QED) is 0.783. The number of halogens is 1. The summed E-state index contributed by atoms with van der Waals surface area (Å²) < 4.78 is 18.0. The molecule has 0 saturated carbocycles. The Labute approximate surface area is 150 Å². The molecule has 8 heteroatoms. The Morgan fingerprint density at radius 2 is 1.88 bits per heavy atom. The van der Waals surface area contributed by atoms with Gasteiger partial charge in [0.1, 0.15) is 11.6 Å². The van der Waals surface area contributed by atoms with Gasteiger partial charge in [-0.2, -0.15) is 0 Å². The van der Waals surface area contributed by atoms with Crippen molar-refractivity contribution < 1.29 is 18.4 Å². The number of benzene rings is 1. The molecule has 0 bridgehead atoms. The number of carbonyl (C=O) groups excluding carboxylic acids is 2. The third kappa shape index (κ3) is 4.98. The van der Waals surface area contributed by atoms with Gasteiger partial charge in [0.15, 0.2) is 0 Å². The van der Waals surface area contributed by atoms with Crippen molar-refractivity contribution >= 4 is 17.7 Å². The molecule has 138 valence electrons. The van der Waals surface area contributed by atoms with E-state index < -0.39 is 0 Å². The van der Waals surface area contributed by atoms with E-state index in [4.69, 9.17) is 4.42 Å². The molecule has 0 aliphatic carbocycles. The first-order chi connectivity index (χ1) is 12.6. The number of urea groups is 2. The number of hydrogen-bond donors (Lipinski definition) is 3. The largest absolute Gasteiger partial charge is 0.467 e. The molecule has 4 amide bonds. The van der Waals surface area contributed by atoms with Crippen LogP contribution in [0.3, 0.4) is 0 Å². The topological polar surface area (TPSA) is 86.6 Å². The molecule has 1 aromatic heterocycles. The molecule has 1 fully saturated rings. The van der Waals surface area contributed by atoms with Crippen molar-refractivity contribution in [2.45, 2.75) is 25.4 Å². The van der Waals surface area contributed by atoms with Gasteiger partial charge in [-0.15, -0.1) is 0 Å². The standard InChI is InChI=1S/C18H21FN4O3/c19-13-3-5-14(6-4-13)21-17(24)22-15-7-9-23(10-8-15)18(25)20-12-16-2-1-11-26-16/h1-6,11,15H,7-10,12H2,(H,20,25)(H2,21,22,24). The molecule has 0 unspecified atom stereocenters. The maximum atomic E-state index is 12.9. The van der Waals surface area contributed by atoms with E-state index in [1.165, 1.54) is 24.3 Å². The highest BCUT2D eigenvalue weighted by Gasteiger charge is 2.23. The van der Waals surface area contributed by atoms with Crippen LogP contribution in [0.25, 0.3) is 0 Å². The Hall–Kier alpha value is -3.03. The number of piperidine rings is 1. The molecular formula is C18H21FN4O3. The van der Waals surface area contributed by atoms with E-state index in [9.17, 15) is 14.0 Å². The monoisotopic (exact) mass is 360 g/mol. The van der Waals surface area contributed by atoms with Crippen molar-refractivity contribution in [3.8, 4) is 0 Å². The molecule has 1 aliphatic rings. The van der Waals surface area contributed by atoms with Crippen molar-refractivity contribution in [2.75, 3.05) is 18.4 Å². The zero-order valence-corrected chi connectivity index (χ0v) is 14.2. The van der Waals surface area contributed by atoms with Crippen LogP contribution in [0.1, 0.15) is 18.6 Å². The van der Waals surface area contributed by atoms with Crippen LogP contribution >= 0.6 is 0 Å². The smallest absolute Gasteiger partial charge is 0.319 e. The predicted octanol–water partition coefficient (Wildman–Crippen LogP) is 2.91. The third-order valence-corrected chi connectivity index (χ3v) is 4.21. The van der Waals surface area contributed by atoms with Gasteiger partial charge < -0.3 is 25.3 Å². The lowest BCUT2D eigenvalue weighted by molar-refractivity contribution is 0.176. The Bertz CT molecular complexity index is 725. The third-order valence-electron chi connectivity index (χ3n) is 4.21. The fraction of sp³-hybridized carbons (Fsp3) is 0.333. The molecule has 1 aliphatic heterocycles. The van der Waals surface area contributed by atoms with Gasteiger partial charge in [-0.25, -0.2) is 14.0 Å². The van der Waals surface area contributed by atoms with Crippen LogP contribution in [0.5, 0.6) is 0 Å². The Morgan fingerprint density at radius 3 is 2.54 bits per heavy atom. The van der Waals surface area contributed by atoms with Gasteiger partial charge in [-0.05, 0) is 49.2 Å². The summed E-state index contributed by atoms with van der Waals surface area (Å²) in [5, 5.41) is 8.36. The fourth-order valence-electron chi connectivity index (χ4n) is 2.80. The van der Waals surface area contributed by atoms with Crippen LogP contribution in [0.4, 0.5) is 19.7 Å². The van der Waals surface area contributed by atoms with E-state index in [0.29, 0.717) is 43.9 Å². The predicted molar refractivity (Wildman–Crippen MR) is 94.1 cm³/mol. The highest BCUT2D eigenvalue weighted by Crippen LogP contribution is 2.12. The van der Waals surface area contributed by atoms with Gasteiger partial charge in [0.25, 0.3) is 0 Å². The number of rotatable bonds is 4. The Morgan fingerprint density at radius 1 is 1.15 bits per heavy atom. The van der Waals surface area contributed by atoms with Crippen LogP contribution in [-0.2, 0) is 6.54 Å². The molecule has 7 nitrogen and oxygen atoms in total. The van der Waals surface area contributed by atoms with Crippen LogP contribution in [0.2, 0.25) is 0 Å². The molecule has 1 saturated heterocycles. The van der Waals surface area contributed by atoms with Gasteiger partial charge in [-0.1, -0.05) is 0 Å². The summed E-state index contributed by atoms with van der Waals surface area (Å²) in [6.45, 7) is 1.47. The van der Waals surface area contributed by atoms with Crippen LogP contribution < -0.4 is 16.0 Å². The number of nitrogens with zero attached hydrogens (tertiary/aromatic N) is 1. The summed E-state index contributed by atoms with van der Waals surface area (Å²) in [5.41, 5.74) is 0.527. The molecule has 0 radical (unpaired) electrons. The van der Waals surface area contributed by atoms with E-state index in [1.54, 1.807) is 23.3 Å². The van der Waals surface area contributed by atoms with E-state index in [-0.39, 0.29) is 23.9 Å². The minimum atomic E-state index is -0.353. The zero-order chi connectivity index (χ0) is 18.4. The SMILES string of the molecule is O=C(Nc1ccc(F)cc1)NC1CCN(C(=O)NCc2ccco2)CC1. The number of hydrogen-bond acceptors (Lipinski definition) is 3. The van der Waals surface area contributed by atoms with E-state index in [0.717, 1.165) is 0 Å². The van der Waals surface area contributed by atoms with Gasteiger partial charge >= 0.3 is 12.1 Å². The normalized spacial score (nSPS) is 14.7. The highest BCUT2D eigenvalue weighted by atomic mass is 19.1. The summed E-state index contributed by atoms with van der Waals surface area (Å²) in [6.07, 6.45) is 2.91. The van der Waals surface area contributed by atoms with E-state index in [1.807, 2.05) is 0 Å². The molecule has 26 heavy (non-hydrogen) atoms. The van der Waals surface area contributed by atoms with E-state index in [2.05, 4.69) is 16.0 Å². The molecule has 0 spiro atoms. The number of nitrogens with one attached hydrogen (secondary N) is 3. The first-order valence-electron chi connectivity index (χ1n) is 8.48. The van der Waals surface area contributed by atoms with E-state index >= 15 is 0 Å².